The van der Waals surface area contributed by atoms with Gasteiger partial charge in [-0.15, -0.1) is 0 Å². The van der Waals surface area contributed by atoms with Gasteiger partial charge in [-0.3, -0.25) is 0 Å². The Labute approximate surface area is 127 Å². The molecule has 21 heavy (non-hydrogen) atoms. The number of hydrogen-bond acceptors (Lipinski definition) is 3. The maximum atomic E-state index is 12.4. The molecule has 1 saturated heterocycles. The third-order valence-electron chi connectivity index (χ3n) is 4.01. The summed E-state index contributed by atoms with van der Waals surface area (Å²) in [5.74, 6) is 1.29. The van der Waals surface area contributed by atoms with Crippen molar-refractivity contribution in [2.45, 2.75) is 32.7 Å². The summed E-state index contributed by atoms with van der Waals surface area (Å²) in [6.07, 6.45) is 1.84. The molecule has 1 atom stereocenters. The zero-order valence-corrected chi connectivity index (χ0v) is 13.7. The molecule has 1 N–H and O–H groups in total. The van der Waals surface area contributed by atoms with Crippen LogP contribution < -0.4 is 9.46 Å². The molecule has 1 aromatic carbocycles. The number of ether oxygens (including phenoxy) is 1. The van der Waals surface area contributed by atoms with Crippen molar-refractivity contribution < 1.29 is 13.2 Å². The summed E-state index contributed by atoms with van der Waals surface area (Å²) in [6, 6.07) is 7.14. The van der Waals surface area contributed by atoms with Crippen LogP contribution in [0.25, 0.3) is 0 Å². The van der Waals surface area contributed by atoms with Gasteiger partial charge in [-0.2, -0.15) is 17.4 Å². The Morgan fingerprint density at radius 1 is 1.29 bits per heavy atom. The lowest BCUT2D eigenvalue weighted by Crippen LogP contribution is -2.45. The lowest BCUT2D eigenvalue weighted by atomic mass is 10.0. The minimum atomic E-state index is -3.45. The topological polar surface area (TPSA) is 58.6 Å². The van der Waals surface area contributed by atoms with Crippen LogP contribution >= 0.6 is 0 Å². The van der Waals surface area contributed by atoms with Crippen molar-refractivity contribution in [3.63, 3.8) is 0 Å². The number of nitrogens with zero attached hydrogens (tertiary/aromatic N) is 1. The second-order valence-electron chi connectivity index (χ2n) is 5.67. The molecular weight excluding hydrogens is 288 g/mol. The molecule has 118 valence electrons. The SMILES string of the molecule is COc1ccccc1[C@@H](C)NS(=O)(=O)N1CCC(C)CC1. The molecule has 1 fully saturated rings. The molecule has 0 saturated carbocycles. The molecule has 0 unspecified atom stereocenters. The zero-order chi connectivity index (χ0) is 15.5. The van der Waals surface area contributed by atoms with Crippen LogP contribution in [0, 0.1) is 5.92 Å². The van der Waals surface area contributed by atoms with E-state index in [0.29, 0.717) is 24.8 Å². The van der Waals surface area contributed by atoms with Crippen molar-refractivity contribution >= 4 is 10.2 Å². The number of rotatable bonds is 5. The highest BCUT2D eigenvalue weighted by Gasteiger charge is 2.28. The summed E-state index contributed by atoms with van der Waals surface area (Å²) in [5.41, 5.74) is 0.842. The van der Waals surface area contributed by atoms with Gasteiger partial charge in [0.05, 0.1) is 7.11 Å². The van der Waals surface area contributed by atoms with E-state index in [1.165, 1.54) is 0 Å². The number of benzene rings is 1. The van der Waals surface area contributed by atoms with Crippen LogP contribution in [0.5, 0.6) is 5.75 Å². The minimum Gasteiger partial charge on any atom is -0.496 e. The largest absolute Gasteiger partial charge is 0.496 e. The van der Waals surface area contributed by atoms with E-state index in [4.69, 9.17) is 4.74 Å². The van der Waals surface area contributed by atoms with E-state index in [9.17, 15) is 8.42 Å². The van der Waals surface area contributed by atoms with E-state index in [1.807, 2.05) is 31.2 Å². The smallest absolute Gasteiger partial charge is 0.279 e. The highest BCUT2D eigenvalue weighted by atomic mass is 32.2. The molecule has 0 aliphatic carbocycles. The van der Waals surface area contributed by atoms with Gasteiger partial charge in [-0.25, -0.2) is 0 Å². The fourth-order valence-electron chi connectivity index (χ4n) is 2.61. The first-order valence-corrected chi connectivity index (χ1v) is 8.78. The first kappa shape index (κ1) is 16.3. The first-order valence-electron chi connectivity index (χ1n) is 7.34. The summed E-state index contributed by atoms with van der Waals surface area (Å²) in [5, 5.41) is 0. The highest BCUT2D eigenvalue weighted by molar-refractivity contribution is 7.87. The van der Waals surface area contributed by atoms with Gasteiger partial charge in [-0.1, -0.05) is 25.1 Å². The number of para-hydroxylation sites is 1. The maximum Gasteiger partial charge on any atom is 0.279 e. The summed E-state index contributed by atoms with van der Waals surface area (Å²) in [4.78, 5) is 0. The monoisotopic (exact) mass is 312 g/mol. The Bertz CT molecular complexity index is 566. The quantitative estimate of drug-likeness (QED) is 0.908. The Balaban J connectivity index is 2.09. The number of nitrogens with one attached hydrogen (secondary N) is 1. The van der Waals surface area contributed by atoms with E-state index >= 15 is 0 Å². The molecule has 5 nitrogen and oxygen atoms in total. The average molecular weight is 312 g/mol. The van der Waals surface area contributed by atoms with Crippen molar-refractivity contribution in [1.82, 2.24) is 9.03 Å². The van der Waals surface area contributed by atoms with Crippen LogP contribution in [0.2, 0.25) is 0 Å². The van der Waals surface area contributed by atoms with Gasteiger partial charge in [0.25, 0.3) is 10.2 Å². The van der Waals surface area contributed by atoms with Crippen LogP contribution in [-0.2, 0) is 10.2 Å². The predicted molar refractivity (Wildman–Crippen MR) is 83.4 cm³/mol. The fraction of sp³-hybridized carbons (Fsp3) is 0.600. The van der Waals surface area contributed by atoms with E-state index in [-0.39, 0.29) is 6.04 Å². The van der Waals surface area contributed by atoms with Crippen LogP contribution in [-0.4, -0.2) is 32.9 Å². The molecule has 0 spiro atoms. The van der Waals surface area contributed by atoms with Crippen molar-refractivity contribution in [2.24, 2.45) is 5.92 Å². The maximum absolute atomic E-state index is 12.4. The van der Waals surface area contributed by atoms with E-state index in [2.05, 4.69) is 11.6 Å². The second-order valence-corrected chi connectivity index (χ2v) is 7.37. The van der Waals surface area contributed by atoms with Crippen LogP contribution in [0.1, 0.15) is 38.3 Å². The minimum absolute atomic E-state index is 0.328. The third-order valence-corrected chi connectivity index (χ3v) is 5.71. The molecule has 0 amide bonds. The van der Waals surface area contributed by atoms with Gasteiger partial charge < -0.3 is 4.74 Å². The van der Waals surface area contributed by atoms with Gasteiger partial charge in [0.15, 0.2) is 0 Å². The number of piperidine rings is 1. The molecule has 0 radical (unpaired) electrons. The van der Waals surface area contributed by atoms with Gasteiger partial charge in [-0.05, 0) is 31.7 Å². The summed E-state index contributed by atoms with van der Waals surface area (Å²) in [7, 11) is -1.86. The molecule has 1 aliphatic rings. The normalized spacial score (nSPS) is 19.4. The number of hydrogen-bond donors (Lipinski definition) is 1. The van der Waals surface area contributed by atoms with Crippen LogP contribution in [0.15, 0.2) is 24.3 Å². The molecule has 1 aromatic rings. The van der Waals surface area contributed by atoms with Gasteiger partial charge in [0, 0.05) is 24.7 Å². The molecule has 2 rings (SSSR count). The van der Waals surface area contributed by atoms with Crippen molar-refractivity contribution in [3.8, 4) is 5.75 Å². The zero-order valence-electron chi connectivity index (χ0n) is 12.9. The molecule has 1 heterocycles. The van der Waals surface area contributed by atoms with Crippen molar-refractivity contribution in [3.05, 3.63) is 29.8 Å². The highest BCUT2D eigenvalue weighted by Crippen LogP contribution is 2.26. The fourth-order valence-corrected chi connectivity index (χ4v) is 4.03. The van der Waals surface area contributed by atoms with Crippen LogP contribution in [0.3, 0.4) is 0 Å². The van der Waals surface area contributed by atoms with Gasteiger partial charge in [0.2, 0.25) is 0 Å². The standard InChI is InChI=1S/C15H24N2O3S/c1-12-8-10-17(11-9-12)21(18,19)16-13(2)14-6-4-5-7-15(14)20-3/h4-7,12-13,16H,8-11H2,1-3H3/t13-/m1/s1. The van der Waals surface area contributed by atoms with Gasteiger partial charge >= 0.3 is 0 Å². The third kappa shape index (κ3) is 3.96. The van der Waals surface area contributed by atoms with Gasteiger partial charge in [0.1, 0.15) is 5.75 Å². The predicted octanol–water partition coefficient (Wildman–Crippen LogP) is 2.32. The Morgan fingerprint density at radius 3 is 2.52 bits per heavy atom. The summed E-state index contributed by atoms with van der Waals surface area (Å²) in [6.45, 7) is 5.18. The van der Waals surface area contributed by atoms with Crippen molar-refractivity contribution in [2.75, 3.05) is 20.2 Å². The van der Waals surface area contributed by atoms with E-state index < -0.39 is 10.2 Å². The lowest BCUT2D eigenvalue weighted by molar-refractivity contribution is 0.283. The summed E-state index contributed by atoms with van der Waals surface area (Å²) >= 11 is 0. The Kier molecular flexibility index (Phi) is 5.24. The van der Waals surface area contributed by atoms with Crippen LogP contribution in [0.4, 0.5) is 0 Å². The lowest BCUT2D eigenvalue weighted by Gasteiger charge is -2.30. The van der Waals surface area contributed by atoms with E-state index in [1.54, 1.807) is 11.4 Å². The Morgan fingerprint density at radius 2 is 1.90 bits per heavy atom. The average Bonchev–Trinajstić information content (AvgIpc) is 2.47. The molecule has 0 aromatic heterocycles. The van der Waals surface area contributed by atoms with Crippen molar-refractivity contribution in [1.29, 1.82) is 0 Å². The molecule has 1 aliphatic heterocycles. The number of methoxy groups -OCH3 is 1. The Hall–Kier alpha value is -1.11. The van der Waals surface area contributed by atoms with E-state index in [0.717, 1.165) is 18.4 Å². The molecule has 0 bridgehead atoms. The summed E-state index contributed by atoms with van der Waals surface area (Å²) < 4.78 is 34.5. The molecular formula is C15H24N2O3S. The molecule has 6 heteroatoms. The first-order chi connectivity index (χ1) is 9.94. The second kappa shape index (κ2) is 6.77.